The number of aryl methyl sites for hydroxylation is 1. The number of Topliss-reactive ketones (excluding diaryl/α,β-unsaturated/α-hetero) is 1. The average Bonchev–Trinajstić information content (AvgIpc) is 2.20. The Balaban J connectivity index is 3.12. The van der Waals surface area contributed by atoms with Crippen LogP contribution in [0.15, 0.2) is 18.2 Å². The van der Waals surface area contributed by atoms with Crippen molar-refractivity contribution in [1.29, 1.82) is 0 Å². The van der Waals surface area contributed by atoms with Crippen LogP contribution >= 0.6 is 0 Å². The van der Waals surface area contributed by atoms with E-state index in [1.165, 1.54) is 0 Å². The summed E-state index contributed by atoms with van der Waals surface area (Å²) in [6.45, 7) is 5.69. The van der Waals surface area contributed by atoms with E-state index >= 15 is 0 Å². The van der Waals surface area contributed by atoms with Gasteiger partial charge in [-0.1, -0.05) is 31.5 Å². The van der Waals surface area contributed by atoms with Crippen molar-refractivity contribution in [2.24, 2.45) is 5.92 Å². The van der Waals surface area contributed by atoms with Crippen molar-refractivity contribution in [2.45, 2.75) is 27.4 Å². The molecule has 0 aliphatic rings. The summed E-state index contributed by atoms with van der Waals surface area (Å²) in [5.74, 6) is 0.0231. The Bertz CT molecular complexity index is 356. The van der Waals surface area contributed by atoms with Crippen molar-refractivity contribution in [3.63, 3.8) is 0 Å². The summed E-state index contributed by atoms with van der Waals surface area (Å²) in [5.41, 5.74) is 2.39. The van der Waals surface area contributed by atoms with Crippen LogP contribution in [0.25, 0.3) is 0 Å². The number of carbonyl (C=O) groups is 1. The number of hydrogen-bond donors (Lipinski definition) is 1. The van der Waals surface area contributed by atoms with Gasteiger partial charge in [0.15, 0.2) is 5.78 Å². The van der Waals surface area contributed by atoms with E-state index < -0.39 is 0 Å². The Labute approximate surface area is 89.6 Å². The largest absolute Gasteiger partial charge is 0.294 e. The van der Waals surface area contributed by atoms with Crippen molar-refractivity contribution >= 4 is 5.78 Å². The first-order valence-corrected chi connectivity index (χ1v) is 4.96. The molecule has 0 aliphatic carbocycles. The van der Waals surface area contributed by atoms with Crippen LogP contribution < -0.4 is 0 Å². The van der Waals surface area contributed by atoms with E-state index in [2.05, 4.69) is 4.89 Å². The van der Waals surface area contributed by atoms with Crippen molar-refractivity contribution < 1.29 is 14.9 Å². The highest BCUT2D eigenvalue weighted by molar-refractivity contribution is 5.98. The molecule has 0 amide bonds. The molecule has 82 valence electrons. The second kappa shape index (κ2) is 5.05. The van der Waals surface area contributed by atoms with Crippen LogP contribution in [0, 0.1) is 12.8 Å². The molecule has 0 fully saturated rings. The fraction of sp³-hybridized carbons (Fsp3) is 0.417. The lowest BCUT2D eigenvalue weighted by molar-refractivity contribution is -0.253. The fourth-order valence-corrected chi connectivity index (χ4v) is 1.43. The van der Waals surface area contributed by atoms with E-state index in [-0.39, 0.29) is 18.3 Å². The van der Waals surface area contributed by atoms with Gasteiger partial charge >= 0.3 is 0 Å². The summed E-state index contributed by atoms with van der Waals surface area (Å²) in [5, 5.41) is 8.42. The van der Waals surface area contributed by atoms with Gasteiger partial charge in [-0.25, -0.2) is 4.89 Å². The van der Waals surface area contributed by atoms with Crippen LogP contribution in [0.2, 0.25) is 0 Å². The normalized spacial score (nSPS) is 10.7. The molecule has 1 aromatic carbocycles. The van der Waals surface area contributed by atoms with Crippen LogP contribution in [0.5, 0.6) is 0 Å². The molecule has 0 saturated heterocycles. The third kappa shape index (κ3) is 2.88. The molecule has 0 heterocycles. The van der Waals surface area contributed by atoms with Gasteiger partial charge in [0.2, 0.25) is 0 Å². The van der Waals surface area contributed by atoms with E-state index in [0.717, 1.165) is 11.1 Å². The quantitative estimate of drug-likeness (QED) is 0.470. The van der Waals surface area contributed by atoms with E-state index in [1.807, 2.05) is 32.9 Å². The molecule has 1 N–H and O–H groups in total. The molecule has 0 aromatic heterocycles. The van der Waals surface area contributed by atoms with E-state index in [4.69, 9.17) is 5.26 Å². The minimum Gasteiger partial charge on any atom is -0.294 e. The van der Waals surface area contributed by atoms with E-state index in [1.54, 1.807) is 6.07 Å². The Morgan fingerprint density at radius 2 is 2.13 bits per heavy atom. The summed E-state index contributed by atoms with van der Waals surface area (Å²) in [4.78, 5) is 15.9. The third-order valence-corrected chi connectivity index (χ3v) is 2.28. The molecule has 0 atom stereocenters. The standard InChI is InChI=1S/C12H16O3/c1-8(2)12(13)11-6-9(3)4-5-10(11)7-15-14/h4-6,8,14H,7H2,1-3H3. The highest BCUT2D eigenvalue weighted by Crippen LogP contribution is 2.17. The van der Waals surface area contributed by atoms with Crippen molar-refractivity contribution in [3.05, 3.63) is 34.9 Å². The maximum Gasteiger partial charge on any atom is 0.165 e. The molecule has 1 rings (SSSR count). The Hall–Kier alpha value is -1.19. The smallest absolute Gasteiger partial charge is 0.165 e. The SMILES string of the molecule is Cc1ccc(COO)c(C(=O)C(C)C)c1. The first kappa shape index (κ1) is 11.9. The molecule has 0 aliphatic heterocycles. The maximum atomic E-state index is 11.9. The van der Waals surface area contributed by atoms with Crippen LogP contribution in [-0.2, 0) is 11.5 Å². The number of carbonyl (C=O) groups excluding carboxylic acids is 1. The molecular formula is C12H16O3. The van der Waals surface area contributed by atoms with Crippen molar-refractivity contribution in [2.75, 3.05) is 0 Å². The molecule has 3 nitrogen and oxygen atoms in total. The minimum atomic E-state index is -0.0516. The zero-order chi connectivity index (χ0) is 11.4. The molecular weight excluding hydrogens is 192 g/mol. The average molecular weight is 208 g/mol. The van der Waals surface area contributed by atoms with Gasteiger partial charge in [0.1, 0.15) is 6.61 Å². The van der Waals surface area contributed by atoms with Crippen LogP contribution in [0.1, 0.15) is 35.3 Å². The second-order valence-corrected chi connectivity index (χ2v) is 3.95. The lowest BCUT2D eigenvalue weighted by Gasteiger charge is -2.10. The van der Waals surface area contributed by atoms with Crippen LogP contribution in [0.3, 0.4) is 0 Å². The van der Waals surface area contributed by atoms with Crippen LogP contribution in [0.4, 0.5) is 0 Å². The second-order valence-electron chi connectivity index (χ2n) is 3.95. The molecule has 0 spiro atoms. The zero-order valence-electron chi connectivity index (χ0n) is 9.28. The van der Waals surface area contributed by atoms with Gasteiger partial charge in [-0.2, -0.15) is 0 Å². The van der Waals surface area contributed by atoms with Gasteiger partial charge in [0, 0.05) is 11.5 Å². The number of benzene rings is 1. The zero-order valence-corrected chi connectivity index (χ0v) is 9.28. The predicted octanol–water partition coefficient (Wildman–Crippen LogP) is 2.82. The third-order valence-electron chi connectivity index (χ3n) is 2.28. The Morgan fingerprint density at radius 3 is 2.67 bits per heavy atom. The monoisotopic (exact) mass is 208 g/mol. The van der Waals surface area contributed by atoms with Gasteiger partial charge in [-0.05, 0) is 18.6 Å². The summed E-state index contributed by atoms with van der Waals surface area (Å²) in [7, 11) is 0. The predicted molar refractivity (Wildman–Crippen MR) is 57.8 cm³/mol. The highest BCUT2D eigenvalue weighted by Gasteiger charge is 2.14. The van der Waals surface area contributed by atoms with Crippen LogP contribution in [-0.4, -0.2) is 11.0 Å². The molecule has 15 heavy (non-hydrogen) atoms. The summed E-state index contributed by atoms with van der Waals surface area (Å²) < 4.78 is 0. The summed E-state index contributed by atoms with van der Waals surface area (Å²) in [6.07, 6.45) is 0. The number of rotatable bonds is 4. The van der Waals surface area contributed by atoms with Gasteiger partial charge < -0.3 is 0 Å². The minimum absolute atomic E-state index is 0.0497. The lowest BCUT2D eigenvalue weighted by atomic mass is 9.95. The van der Waals surface area contributed by atoms with E-state index in [0.29, 0.717) is 5.56 Å². The lowest BCUT2D eigenvalue weighted by Crippen LogP contribution is -2.11. The van der Waals surface area contributed by atoms with Gasteiger partial charge in [0.05, 0.1) is 0 Å². The fourth-order valence-electron chi connectivity index (χ4n) is 1.43. The molecule has 0 radical (unpaired) electrons. The van der Waals surface area contributed by atoms with E-state index in [9.17, 15) is 4.79 Å². The molecule has 0 bridgehead atoms. The summed E-state index contributed by atoms with van der Waals surface area (Å²) in [6, 6.07) is 5.53. The first-order valence-electron chi connectivity index (χ1n) is 4.96. The van der Waals surface area contributed by atoms with Gasteiger partial charge in [-0.3, -0.25) is 10.1 Å². The van der Waals surface area contributed by atoms with Gasteiger partial charge in [0.25, 0.3) is 0 Å². The van der Waals surface area contributed by atoms with Crippen molar-refractivity contribution in [3.8, 4) is 0 Å². The number of hydrogen-bond acceptors (Lipinski definition) is 3. The Morgan fingerprint density at radius 1 is 1.47 bits per heavy atom. The van der Waals surface area contributed by atoms with Crippen molar-refractivity contribution in [1.82, 2.24) is 0 Å². The number of ketones is 1. The Kier molecular flexibility index (Phi) is 4.00. The molecule has 3 heteroatoms. The molecule has 1 aromatic rings. The summed E-state index contributed by atoms with van der Waals surface area (Å²) >= 11 is 0. The molecule has 0 unspecified atom stereocenters. The van der Waals surface area contributed by atoms with Gasteiger partial charge in [-0.15, -0.1) is 0 Å². The first-order chi connectivity index (χ1) is 7.06. The topological polar surface area (TPSA) is 46.5 Å². The maximum absolute atomic E-state index is 11.9. The highest BCUT2D eigenvalue weighted by atomic mass is 17.1. The molecule has 0 saturated carbocycles.